The van der Waals surface area contributed by atoms with Crippen LogP contribution in [0.2, 0.25) is 0 Å². The smallest absolute Gasteiger partial charge is 0.251 e. The number of hydrogen-bond acceptors (Lipinski definition) is 2. The van der Waals surface area contributed by atoms with Crippen molar-refractivity contribution in [2.75, 3.05) is 18.9 Å². The molecule has 1 fully saturated rings. The van der Waals surface area contributed by atoms with Crippen LogP contribution in [0.1, 0.15) is 42.5 Å². The minimum atomic E-state index is 0.0447. The van der Waals surface area contributed by atoms with Crippen molar-refractivity contribution < 1.29 is 4.79 Å². The zero-order valence-electron chi connectivity index (χ0n) is 11.0. The second-order valence-electron chi connectivity index (χ2n) is 5.04. The second kappa shape index (κ2) is 6.43. The molecular formula is C15H22N2O. The molecule has 3 heteroatoms. The van der Waals surface area contributed by atoms with E-state index in [2.05, 4.69) is 10.6 Å². The van der Waals surface area contributed by atoms with Crippen molar-refractivity contribution in [3.8, 4) is 0 Å². The first-order valence-electron chi connectivity index (χ1n) is 6.85. The maximum absolute atomic E-state index is 12.0. The highest BCUT2D eigenvalue weighted by atomic mass is 16.1. The van der Waals surface area contributed by atoms with Crippen LogP contribution >= 0.6 is 0 Å². The zero-order chi connectivity index (χ0) is 12.8. The summed E-state index contributed by atoms with van der Waals surface area (Å²) in [5.41, 5.74) is 1.77. The van der Waals surface area contributed by atoms with Gasteiger partial charge in [0.05, 0.1) is 0 Å². The van der Waals surface area contributed by atoms with Crippen LogP contribution in [0.4, 0.5) is 5.69 Å². The van der Waals surface area contributed by atoms with Gasteiger partial charge in [-0.15, -0.1) is 0 Å². The predicted molar refractivity (Wildman–Crippen MR) is 74.9 cm³/mol. The van der Waals surface area contributed by atoms with Crippen molar-refractivity contribution in [1.29, 1.82) is 0 Å². The van der Waals surface area contributed by atoms with Gasteiger partial charge in [0, 0.05) is 24.8 Å². The maximum Gasteiger partial charge on any atom is 0.251 e. The van der Waals surface area contributed by atoms with E-state index in [1.807, 2.05) is 31.3 Å². The normalized spacial score (nSPS) is 16.3. The summed E-state index contributed by atoms with van der Waals surface area (Å²) in [6.45, 7) is 0.826. The average molecular weight is 246 g/mol. The standard InChI is InChI=1S/C15H22N2O/c1-16-14-9-7-13(8-10-14)15(18)17-11-12-5-3-2-4-6-12/h7-10,12,16H,2-6,11H2,1H3,(H,17,18). The molecule has 0 spiro atoms. The van der Waals surface area contributed by atoms with Crippen LogP contribution in [0.15, 0.2) is 24.3 Å². The third-order valence-corrected chi connectivity index (χ3v) is 3.71. The molecule has 1 aliphatic carbocycles. The van der Waals surface area contributed by atoms with Crippen molar-refractivity contribution in [3.63, 3.8) is 0 Å². The fourth-order valence-electron chi connectivity index (χ4n) is 2.52. The average Bonchev–Trinajstić information content (AvgIpc) is 2.46. The van der Waals surface area contributed by atoms with Crippen LogP contribution in [-0.4, -0.2) is 19.5 Å². The van der Waals surface area contributed by atoms with E-state index in [0.717, 1.165) is 17.8 Å². The van der Waals surface area contributed by atoms with E-state index >= 15 is 0 Å². The molecule has 2 rings (SSSR count). The molecular weight excluding hydrogens is 224 g/mol. The molecule has 0 bridgehead atoms. The van der Waals surface area contributed by atoms with Crippen molar-refractivity contribution in [1.82, 2.24) is 5.32 Å². The first kappa shape index (κ1) is 12.9. The lowest BCUT2D eigenvalue weighted by atomic mass is 9.89. The van der Waals surface area contributed by atoms with Crippen LogP contribution in [0.5, 0.6) is 0 Å². The highest BCUT2D eigenvalue weighted by Gasteiger charge is 2.14. The Balaban J connectivity index is 1.82. The number of anilines is 1. The van der Waals surface area contributed by atoms with Gasteiger partial charge in [-0.05, 0) is 43.0 Å². The van der Waals surface area contributed by atoms with Crippen LogP contribution in [0.3, 0.4) is 0 Å². The van der Waals surface area contributed by atoms with Gasteiger partial charge >= 0.3 is 0 Å². The van der Waals surface area contributed by atoms with Crippen molar-refractivity contribution >= 4 is 11.6 Å². The molecule has 0 aromatic heterocycles. The van der Waals surface area contributed by atoms with E-state index in [1.54, 1.807) is 0 Å². The van der Waals surface area contributed by atoms with Gasteiger partial charge in [0.2, 0.25) is 0 Å². The Hall–Kier alpha value is -1.51. The monoisotopic (exact) mass is 246 g/mol. The number of carbonyl (C=O) groups is 1. The molecule has 1 aromatic rings. The first-order chi connectivity index (χ1) is 8.79. The molecule has 0 unspecified atom stereocenters. The Morgan fingerprint density at radius 1 is 1.17 bits per heavy atom. The van der Waals surface area contributed by atoms with Crippen LogP contribution in [0, 0.1) is 5.92 Å². The summed E-state index contributed by atoms with van der Waals surface area (Å²) in [4.78, 5) is 12.0. The number of carbonyl (C=O) groups excluding carboxylic acids is 1. The summed E-state index contributed by atoms with van der Waals surface area (Å²) < 4.78 is 0. The number of benzene rings is 1. The summed E-state index contributed by atoms with van der Waals surface area (Å²) >= 11 is 0. The largest absolute Gasteiger partial charge is 0.388 e. The van der Waals surface area contributed by atoms with E-state index < -0.39 is 0 Å². The summed E-state index contributed by atoms with van der Waals surface area (Å²) in [6, 6.07) is 7.58. The van der Waals surface area contributed by atoms with E-state index in [9.17, 15) is 4.79 Å². The number of hydrogen-bond donors (Lipinski definition) is 2. The Bertz CT molecular complexity index is 380. The van der Waals surface area contributed by atoms with Gasteiger partial charge in [-0.3, -0.25) is 4.79 Å². The highest BCUT2D eigenvalue weighted by Crippen LogP contribution is 2.22. The molecule has 18 heavy (non-hydrogen) atoms. The van der Waals surface area contributed by atoms with Gasteiger partial charge in [-0.2, -0.15) is 0 Å². The summed E-state index contributed by atoms with van der Waals surface area (Å²) in [5, 5.41) is 6.09. The van der Waals surface area contributed by atoms with E-state index in [-0.39, 0.29) is 5.91 Å². The third-order valence-electron chi connectivity index (χ3n) is 3.71. The van der Waals surface area contributed by atoms with Gasteiger partial charge in [-0.25, -0.2) is 0 Å². The molecule has 1 saturated carbocycles. The topological polar surface area (TPSA) is 41.1 Å². The fourth-order valence-corrected chi connectivity index (χ4v) is 2.52. The third kappa shape index (κ3) is 3.49. The zero-order valence-corrected chi connectivity index (χ0v) is 11.0. The summed E-state index contributed by atoms with van der Waals surface area (Å²) in [7, 11) is 1.87. The van der Waals surface area contributed by atoms with Crippen molar-refractivity contribution in [3.05, 3.63) is 29.8 Å². The number of rotatable bonds is 4. The van der Waals surface area contributed by atoms with Crippen LogP contribution < -0.4 is 10.6 Å². The molecule has 0 saturated heterocycles. The highest BCUT2D eigenvalue weighted by molar-refractivity contribution is 5.94. The Labute approximate surface area is 109 Å². The molecule has 3 nitrogen and oxygen atoms in total. The van der Waals surface area contributed by atoms with Gasteiger partial charge in [0.25, 0.3) is 5.91 Å². The lowest BCUT2D eigenvalue weighted by Gasteiger charge is -2.21. The van der Waals surface area contributed by atoms with Gasteiger partial charge in [0.1, 0.15) is 0 Å². The minimum absolute atomic E-state index is 0.0447. The SMILES string of the molecule is CNc1ccc(C(=O)NCC2CCCCC2)cc1. The second-order valence-corrected chi connectivity index (χ2v) is 5.04. The van der Waals surface area contributed by atoms with E-state index in [0.29, 0.717) is 5.92 Å². The van der Waals surface area contributed by atoms with Crippen molar-refractivity contribution in [2.45, 2.75) is 32.1 Å². The van der Waals surface area contributed by atoms with Gasteiger partial charge in [0.15, 0.2) is 0 Å². The molecule has 0 radical (unpaired) electrons. The Morgan fingerprint density at radius 2 is 1.83 bits per heavy atom. The van der Waals surface area contributed by atoms with Crippen LogP contribution in [0.25, 0.3) is 0 Å². The number of nitrogens with one attached hydrogen (secondary N) is 2. The molecule has 0 heterocycles. The van der Waals surface area contributed by atoms with E-state index in [4.69, 9.17) is 0 Å². The van der Waals surface area contributed by atoms with Gasteiger partial charge < -0.3 is 10.6 Å². The number of amides is 1. The molecule has 0 aliphatic heterocycles. The molecule has 0 atom stereocenters. The molecule has 2 N–H and O–H groups in total. The summed E-state index contributed by atoms with van der Waals surface area (Å²) in [5.74, 6) is 0.725. The quantitative estimate of drug-likeness (QED) is 0.857. The van der Waals surface area contributed by atoms with Gasteiger partial charge in [-0.1, -0.05) is 19.3 Å². The predicted octanol–water partition coefficient (Wildman–Crippen LogP) is 3.04. The fraction of sp³-hybridized carbons (Fsp3) is 0.533. The molecule has 1 aromatic carbocycles. The van der Waals surface area contributed by atoms with Crippen LogP contribution in [-0.2, 0) is 0 Å². The maximum atomic E-state index is 12.0. The first-order valence-corrected chi connectivity index (χ1v) is 6.85. The molecule has 1 amide bonds. The Morgan fingerprint density at radius 3 is 2.44 bits per heavy atom. The lowest BCUT2D eigenvalue weighted by Crippen LogP contribution is -2.30. The summed E-state index contributed by atoms with van der Waals surface area (Å²) in [6.07, 6.45) is 6.52. The molecule has 1 aliphatic rings. The Kier molecular flexibility index (Phi) is 4.62. The minimum Gasteiger partial charge on any atom is -0.388 e. The molecule has 98 valence electrons. The van der Waals surface area contributed by atoms with Crippen molar-refractivity contribution in [2.24, 2.45) is 5.92 Å². The lowest BCUT2D eigenvalue weighted by molar-refractivity contribution is 0.0943. The van der Waals surface area contributed by atoms with E-state index in [1.165, 1.54) is 32.1 Å².